The van der Waals surface area contributed by atoms with E-state index in [9.17, 15) is 14.7 Å². The lowest BCUT2D eigenvalue weighted by Gasteiger charge is -2.17. The average molecular weight is 331 g/mol. The second kappa shape index (κ2) is 7.47. The molecule has 0 aliphatic heterocycles. The van der Waals surface area contributed by atoms with Crippen molar-refractivity contribution in [2.75, 3.05) is 19.5 Å². The van der Waals surface area contributed by atoms with E-state index in [4.69, 9.17) is 14.6 Å². The summed E-state index contributed by atoms with van der Waals surface area (Å²) in [5.74, 6) is -0.344. The van der Waals surface area contributed by atoms with Crippen molar-refractivity contribution >= 4 is 17.6 Å². The SMILES string of the molecule is COc1ccc(C(=O)C(O)c2ccccc2)c(NC(=O)O)c1OC. The van der Waals surface area contributed by atoms with Gasteiger partial charge in [-0.25, -0.2) is 4.79 Å². The summed E-state index contributed by atoms with van der Waals surface area (Å²) in [6.07, 6.45) is -2.80. The van der Waals surface area contributed by atoms with Crippen LogP contribution >= 0.6 is 0 Å². The monoisotopic (exact) mass is 331 g/mol. The Morgan fingerprint density at radius 2 is 1.71 bits per heavy atom. The van der Waals surface area contributed by atoms with Crippen LogP contribution in [0.3, 0.4) is 0 Å². The third kappa shape index (κ3) is 3.47. The molecule has 0 aliphatic rings. The fraction of sp³-hybridized carbons (Fsp3) is 0.176. The first-order valence-electron chi connectivity index (χ1n) is 7.01. The minimum absolute atomic E-state index is 0.0218. The van der Waals surface area contributed by atoms with Gasteiger partial charge in [0, 0.05) is 5.56 Å². The second-order valence-corrected chi connectivity index (χ2v) is 4.83. The van der Waals surface area contributed by atoms with Crippen LogP contribution < -0.4 is 14.8 Å². The number of carbonyl (C=O) groups is 2. The lowest BCUT2D eigenvalue weighted by atomic mass is 9.98. The summed E-state index contributed by atoms with van der Waals surface area (Å²) < 4.78 is 10.3. The number of carboxylic acid groups (broad SMARTS) is 1. The number of hydrogen-bond acceptors (Lipinski definition) is 5. The highest BCUT2D eigenvalue weighted by molar-refractivity contribution is 6.08. The minimum atomic E-state index is -1.43. The minimum Gasteiger partial charge on any atom is -0.493 e. The van der Waals surface area contributed by atoms with Gasteiger partial charge in [-0.2, -0.15) is 0 Å². The van der Waals surface area contributed by atoms with Gasteiger partial charge in [0.15, 0.2) is 17.3 Å². The largest absolute Gasteiger partial charge is 0.493 e. The average Bonchev–Trinajstić information content (AvgIpc) is 2.60. The van der Waals surface area contributed by atoms with Crippen LogP contribution in [0.15, 0.2) is 42.5 Å². The van der Waals surface area contributed by atoms with Crippen LogP contribution in [0.2, 0.25) is 0 Å². The molecule has 0 aromatic heterocycles. The van der Waals surface area contributed by atoms with Crippen molar-refractivity contribution in [3.8, 4) is 11.5 Å². The Labute approximate surface area is 138 Å². The number of benzene rings is 2. The predicted octanol–water partition coefficient (Wildman–Crippen LogP) is 2.71. The molecular formula is C17H17NO6. The number of anilines is 1. The van der Waals surface area contributed by atoms with Crippen LogP contribution in [0.4, 0.5) is 10.5 Å². The Balaban J connectivity index is 2.52. The molecule has 0 spiro atoms. The van der Waals surface area contributed by atoms with Crippen molar-refractivity contribution in [1.29, 1.82) is 0 Å². The summed E-state index contributed by atoms with van der Waals surface area (Å²) in [7, 11) is 2.72. The van der Waals surface area contributed by atoms with Crippen molar-refractivity contribution in [1.82, 2.24) is 0 Å². The van der Waals surface area contributed by atoms with Gasteiger partial charge in [0.2, 0.25) is 0 Å². The van der Waals surface area contributed by atoms with Crippen molar-refractivity contribution in [3.05, 3.63) is 53.6 Å². The number of rotatable bonds is 6. The lowest BCUT2D eigenvalue weighted by molar-refractivity contribution is 0.0748. The number of methoxy groups -OCH3 is 2. The van der Waals surface area contributed by atoms with E-state index in [1.807, 2.05) is 0 Å². The van der Waals surface area contributed by atoms with E-state index in [1.54, 1.807) is 30.3 Å². The van der Waals surface area contributed by atoms with Gasteiger partial charge in [-0.3, -0.25) is 10.1 Å². The fourth-order valence-electron chi connectivity index (χ4n) is 2.30. The smallest absolute Gasteiger partial charge is 0.409 e. The maximum atomic E-state index is 12.6. The maximum Gasteiger partial charge on any atom is 0.409 e. The Kier molecular flexibility index (Phi) is 5.39. The van der Waals surface area contributed by atoms with Crippen LogP contribution in [0.1, 0.15) is 22.0 Å². The van der Waals surface area contributed by atoms with Crippen LogP contribution in [0.5, 0.6) is 11.5 Å². The molecule has 2 aromatic rings. The molecule has 2 rings (SSSR count). The van der Waals surface area contributed by atoms with Gasteiger partial charge in [-0.05, 0) is 17.7 Å². The topological polar surface area (TPSA) is 105 Å². The quantitative estimate of drug-likeness (QED) is 0.703. The molecule has 126 valence electrons. The molecule has 7 nitrogen and oxygen atoms in total. The Morgan fingerprint density at radius 1 is 1.04 bits per heavy atom. The number of ketones is 1. The standard InChI is InChI=1S/C17H17NO6/c1-23-12-9-8-11(13(16(12)24-2)18-17(21)22)15(20)14(19)10-6-4-3-5-7-10/h3-9,14,18-19H,1-2H3,(H,21,22). The van der Waals surface area contributed by atoms with Gasteiger partial charge in [0.05, 0.1) is 14.2 Å². The molecule has 0 fully saturated rings. The van der Waals surface area contributed by atoms with E-state index in [2.05, 4.69) is 5.32 Å². The molecule has 24 heavy (non-hydrogen) atoms. The zero-order valence-electron chi connectivity index (χ0n) is 13.1. The number of hydrogen-bond donors (Lipinski definition) is 3. The van der Waals surface area contributed by atoms with E-state index >= 15 is 0 Å². The predicted molar refractivity (Wildman–Crippen MR) is 86.9 cm³/mol. The fourth-order valence-corrected chi connectivity index (χ4v) is 2.30. The van der Waals surface area contributed by atoms with Gasteiger partial charge in [0.25, 0.3) is 0 Å². The molecule has 0 saturated heterocycles. The molecule has 0 aliphatic carbocycles. The highest BCUT2D eigenvalue weighted by atomic mass is 16.5. The summed E-state index contributed by atoms with van der Waals surface area (Å²) in [6.45, 7) is 0. The molecule has 1 atom stereocenters. The first kappa shape index (κ1) is 17.3. The molecule has 7 heteroatoms. The number of aliphatic hydroxyl groups is 1. The summed E-state index contributed by atoms with van der Waals surface area (Å²) in [5.41, 5.74) is 0.300. The molecule has 1 unspecified atom stereocenters. The van der Waals surface area contributed by atoms with Crippen LogP contribution in [-0.4, -0.2) is 36.3 Å². The maximum absolute atomic E-state index is 12.6. The highest BCUT2D eigenvalue weighted by Crippen LogP contribution is 2.39. The second-order valence-electron chi connectivity index (χ2n) is 4.83. The Hall–Kier alpha value is -3.06. The van der Waals surface area contributed by atoms with Crippen molar-refractivity contribution in [2.45, 2.75) is 6.10 Å². The van der Waals surface area contributed by atoms with E-state index < -0.39 is 18.0 Å². The molecule has 1 amide bonds. The number of amides is 1. The molecule has 0 bridgehead atoms. The van der Waals surface area contributed by atoms with Gasteiger partial charge in [-0.1, -0.05) is 30.3 Å². The van der Waals surface area contributed by atoms with Crippen molar-refractivity contribution < 1.29 is 29.3 Å². The normalized spacial score (nSPS) is 11.5. The van der Waals surface area contributed by atoms with Gasteiger partial charge >= 0.3 is 6.09 Å². The first-order valence-corrected chi connectivity index (χ1v) is 7.01. The molecular weight excluding hydrogens is 314 g/mol. The third-order valence-electron chi connectivity index (χ3n) is 3.41. The van der Waals surface area contributed by atoms with E-state index in [-0.39, 0.29) is 22.7 Å². The molecule has 0 radical (unpaired) electrons. The molecule has 0 saturated carbocycles. The Morgan fingerprint density at radius 3 is 2.25 bits per heavy atom. The zero-order valence-corrected chi connectivity index (χ0v) is 13.1. The summed E-state index contributed by atoms with van der Waals surface area (Å²) in [4.78, 5) is 23.7. The van der Waals surface area contributed by atoms with Crippen LogP contribution in [0.25, 0.3) is 0 Å². The highest BCUT2D eigenvalue weighted by Gasteiger charge is 2.26. The summed E-state index contributed by atoms with van der Waals surface area (Å²) in [6, 6.07) is 11.2. The number of Topliss-reactive ketones (excluding diaryl/α,β-unsaturated/α-hetero) is 1. The molecule has 2 aromatic carbocycles. The number of nitrogens with one attached hydrogen (secondary N) is 1. The Bertz CT molecular complexity index is 744. The first-order chi connectivity index (χ1) is 11.5. The molecule has 0 heterocycles. The van der Waals surface area contributed by atoms with E-state index in [0.717, 1.165) is 0 Å². The zero-order chi connectivity index (χ0) is 17.7. The summed E-state index contributed by atoms with van der Waals surface area (Å²) in [5, 5.41) is 21.5. The van der Waals surface area contributed by atoms with E-state index in [1.165, 1.54) is 26.4 Å². The van der Waals surface area contributed by atoms with Gasteiger partial charge < -0.3 is 19.7 Å². The number of ether oxygens (including phenoxy) is 2. The third-order valence-corrected chi connectivity index (χ3v) is 3.41. The number of aliphatic hydroxyl groups excluding tert-OH is 1. The number of carbonyl (C=O) groups excluding carboxylic acids is 1. The van der Waals surface area contributed by atoms with Crippen LogP contribution in [-0.2, 0) is 0 Å². The van der Waals surface area contributed by atoms with Crippen molar-refractivity contribution in [2.24, 2.45) is 0 Å². The summed E-state index contributed by atoms with van der Waals surface area (Å²) >= 11 is 0. The van der Waals surface area contributed by atoms with Gasteiger partial charge in [0.1, 0.15) is 11.8 Å². The van der Waals surface area contributed by atoms with E-state index in [0.29, 0.717) is 5.56 Å². The molecule has 3 N–H and O–H groups in total. The lowest BCUT2D eigenvalue weighted by Crippen LogP contribution is -2.18. The van der Waals surface area contributed by atoms with Crippen LogP contribution in [0, 0.1) is 0 Å². The van der Waals surface area contributed by atoms with Crippen molar-refractivity contribution in [3.63, 3.8) is 0 Å². The van der Waals surface area contributed by atoms with Gasteiger partial charge in [-0.15, -0.1) is 0 Å².